The summed E-state index contributed by atoms with van der Waals surface area (Å²) in [7, 11) is 1.78. The lowest BCUT2D eigenvalue weighted by Crippen LogP contribution is -2.47. The number of hydrogen-bond donors (Lipinski definition) is 1. The molecular formula is C12H26N2OS. The van der Waals surface area contributed by atoms with E-state index in [9.17, 15) is 0 Å². The van der Waals surface area contributed by atoms with Crippen LogP contribution in [0.2, 0.25) is 0 Å². The minimum Gasteiger partial charge on any atom is -0.383 e. The summed E-state index contributed by atoms with van der Waals surface area (Å²) in [6.45, 7) is 9.95. The molecule has 4 heteroatoms. The quantitative estimate of drug-likeness (QED) is 0.732. The monoisotopic (exact) mass is 246 g/mol. The van der Waals surface area contributed by atoms with Gasteiger partial charge >= 0.3 is 0 Å². The molecule has 0 aromatic rings. The van der Waals surface area contributed by atoms with Gasteiger partial charge in [-0.1, -0.05) is 13.8 Å². The number of methoxy groups -OCH3 is 1. The molecular weight excluding hydrogens is 220 g/mol. The van der Waals surface area contributed by atoms with Crippen LogP contribution in [0.3, 0.4) is 0 Å². The first-order valence-electron chi connectivity index (χ1n) is 6.24. The lowest BCUT2D eigenvalue weighted by molar-refractivity contribution is 0.134. The Kier molecular flexibility index (Phi) is 7.45. The van der Waals surface area contributed by atoms with Gasteiger partial charge in [0.2, 0.25) is 0 Å². The highest BCUT2D eigenvalue weighted by Crippen LogP contribution is 2.09. The third kappa shape index (κ3) is 6.09. The summed E-state index contributed by atoms with van der Waals surface area (Å²) in [5, 5.41) is 3.60. The topological polar surface area (TPSA) is 24.5 Å². The van der Waals surface area contributed by atoms with Gasteiger partial charge in [-0.25, -0.2) is 0 Å². The molecule has 0 aromatic heterocycles. The van der Waals surface area contributed by atoms with Gasteiger partial charge in [-0.15, -0.1) is 0 Å². The zero-order valence-electron chi connectivity index (χ0n) is 10.9. The Morgan fingerprint density at radius 1 is 1.50 bits per heavy atom. The van der Waals surface area contributed by atoms with E-state index in [1.165, 1.54) is 18.1 Å². The molecule has 1 heterocycles. The Balaban J connectivity index is 2.28. The Labute approximate surface area is 104 Å². The summed E-state index contributed by atoms with van der Waals surface area (Å²) < 4.78 is 5.18. The fourth-order valence-corrected chi connectivity index (χ4v) is 2.98. The van der Waals surface area contributed by atoms with E-state index < -0.39 is 0 Å². The Morgan fingerprint density at radius 2 is 2.31 bits per heavy atom. The fourth-order valence-electron chi connectivity index (χ4n) is 2.04. The molecule has 96 valence electrons. The van der Waals surface area contributed by atoms with Crippen molar-refractivity contribution in [1.29, 1.82) is 0 Å². The maximum Gasteiger partial charge on any atom is 0.0589 e. The van der Waals surface area contributed by atoms with Crippen LogP contribution >= 0.6 is 11.8 Å². The van der Waals surface area contributed by atoms with Gasteiger partial charge < -0.3 is 10.1 Å². The van der Waals surface area contributed by atoms with Crippen LogP contribution in [-0.4, -0.2) is 62.3 Å². The van der Waals surface area contributed by atoms with Crippen molar-refractivity contribution in [1.82, 2.24) is 10.2 Å². The lowest BCUT2D eigenvalue weighted by atomic mass is 10.2. The van der Waals surface area contributed by atoms with Crippen molar-refractivity contribution in [2.45, 2.75) is 19.9 Å². The molecule has 0 aromatic carbocycles. The molecule has 1 atom stereocenters. The van der Waals surface area contributed by atoms with Crippen molar-refractivity contribution in [2.24, 2.45) is 5.92 Å². The zero-order valence-corrected chi connectivity index (χ0v) is 11.7. The van der Waals surface area contributed by atoms with Gasteiger partial charge in [0, 0.05) is 50.8 Å². The van der Waals surface area contributed by atoms with E-state index >= 15 is 0 Å². The SMILES string of the molecule is COCCN(CC(C)C)CC1CSCCN1. The first-order chi connectivity index (χ1) is 7.72. The second-order valence-electron chi connectivity index (χ2n) is 4.87. The minimum absolute atomic E-state index is 0.661. The fraction of sp³-hybridized carbons (Fsp3) is 1.00. The van der Waals surface area contributed by atoms with Crippen LogP contribution in [0, 0.1) is 5.92 Å². The van der Waals surface area contributed by atoms with Gasteiger partial charge in [0.05, 0.1) is 6.61 Å². The second kappa shape index (κ2) is 8.34. The summed E-state index contributed by atoms with van der Waals surface area (Å²) in [6.07, 6.45) is 0. The molecule has 1 rings (SSSR count). The first-order valence-corrected chi connectivity index (χ1v) is 7.40. The van der Waals surface area contributed by atoms with Crippen molar-refractivity contribution in [3.63, 3.8) is 0 Å². The van der Waals surface area contributed by atoms with Crippen molar-refractivity contribution >= 4 is 11.8 Å². The third-order valence-electron chi connectivity index (χ3n) is 2.71. The van der Waals surface area contributed by atoms with Gasteiger partial charge in [0.25, 0.3) is 0 Å². The van der Waals surface area contributed by atoms with E-state index in [1.807, 2.05) is 0 Å². The van der Waals surface area contributed by atoms with Crippen LogP contribution in [0.4, 0.5) is 0 Å². The van der Waals surface area contributed by atoms with Gasteiger partial charge in [0.15, 0.2) is 0 Å². The summed E-state index contributed by atoms with van der Waals surface area (Å²) in [5.41, 5.74) is 0. The van der Waals surface area contributed by atoms with Gasteiger partial charge in [-0.3, -0.25) is 4.90 Å². The first kappa shape index (κ1) is 14.3. The van der Waals surface area contributed by atoms with Crippen LogP contribution in [-0.2, 0) is 4.74 Å². The predicted octanol–water partition coefficient (Wildman–Crippen LogP) is 1.30. The highest BCUT2D eigenvalue weighted by Gasteiger charge is 2.17. The molecule has 0 saturated carbocycles. The van der Waals surface area contributed by atoms with Gasteiger partial charge in [-0.05, 0) is 5.92 Å². The Hall–Kier alpha value is 0.230. The van der Waals surface area contributed by atoms with E-state index in [0.717, 1.165) is 32.2 Å². The normalized spacial score (nSPS) is 21.9. The summed E-state index contributed by atoms with van der Waals surface area (Å²) in [5.74, 6) is 3.24. The van der Waals surface area contributed by atoms with E-state index in [2.05, 4.69) is 35.8 Å². The molecule has 0 bridgehead atoms. The predicted molar refractivity (Wildman–Crippen MR) is 72.3 cm³/mol. The highest BCUT2D eigenvalue weighted by atomic mass is 32.2. The van der Waals surface area contributed by atoms with Crippen molar-refractivity contribution in [2.75, 3.05) is 51.4 Å². The van der Waals surface area contributed by atoms with Gasteiger partial charge in [-0.2, -0.15) is 11.8 Å². The lowest BCUT2D eigenvalue weighted by Gasteiger charge is -2.31. The van der Waals surface area contributed by atoms with E-state index in [-0.39, 0.29) is 0 Å². The van der Waals surface area contributed by atoms with E-state index in [0.29, 0.717) is 6.04 Å². The van der Waals surface area contributed by atoms with Gasteiger partial charge in [0.1, 0.15) is 0 Å². The van der Waals surface area contributed by atoms with Crippen molar-refractivity contribution in [3.05, 3.63) is 0 Å². The summed E-state index contributed by atoms with van der Waals surface area (Å²) in [6, 6.07) is 0.661. The van der Waals surface area contributed by atoms with Crippen LogP contribution in [0.25, 0.3) is 0 Å². The van der Waals surface area contributed by atoms with Crippen LogP contribution in [0.1, 0.15) is 13.8 Å². The molecule has 0 aliphatic carbocycles. The third-order valence-corrected chi connectivity index (χ3v) is 3.84. The largest absolute Gasteiger partial charge is 0.383 e. The number of thioether (sulfide) groups is 1. The molecule has 1 fully saturated rings. The Bertz CT molecular complexity index is 172. The molecule has 16 heavy (non-hydrogen) atoms. The number of nitrogens with zero attached hydrogens (tertiary/aromatic N) is 1. The molecule has 3 nitrogen and oxygen atoms in total. The van der Waals surface area contributed by atoms with Crippen molar-refractivity contribution in [3.8, 4) is 0 Å². The van der Waals surface area contributed by atoms with E-state index in [1.54, 1.807) is 7.11 Å². The number of rotatable bonds is 7. The summed E-state index contributed by atoms with van der Waals surface area (Å²) in [4.78, 5) is 2.53. The standard InChI is InChI=1S/C12H26N2OS/c1-11(2)8-14(5-6-15-3)9-12-10-16-7-4-13-12/h11-13H,4-10H2,1-3H3. The second-order valence-corrected chi connectivity index (χ2v) is 6.02. The zero-order chi connectivity index (χ0) is 11.8. The summed E-state index contributed by atoms with van der Waals surface area (Å²) >= 11 is 2.07. The maximum absolute atomic E-state index is 5.18. The highest BCUT2D eigenvalue weighted by molar-refractivity contribution is 7.99. The smallest absolute Gasteiger partial charge is 0.0589 e. The minimum atomic E-state index is 0.661. The number of hydrogen-bond acceptors (Lipinski definition) is 4. The van der Waals surface area contributed by atoms with Crippen LogP contribution in [0.15, 0.2) is 0 Å². The molecule has 0 spiro atoms. The molecule has 1 aliphatic rings. The molecule has 1 aliphatic heterocycles. The average molecular weight is 246 g/mol. The number of nitrogens with one attached hydrogen (secondary N) is 1. The van der Waals surface area contributed by atoms with Crippen molar-refractivity contribution < 1.29 is 4.74 Å². The van der Waals surface area contributed by atoms with Crippen LogP contribution < -0.4 is 5.32 Å². The molecule has 0 radical (unpaired) electrons. The molecule has 1 N–H and O–H groups in total. The Morgan fingerprint density at radius 3 is 2.88 bits per heavy atom. The number of ether oxygens (including phenoxy) is 1. The molecule has 0 amide bonds. The van der Waals surface area contributed by atoms with Crippen LogP contribution in [0.5, 0.6) is 0 Å². The maximum atomic E-state index is 5.18. The molecule has 1 unspecified atom stereocenters. The average Bonchev–Trinajstić information content (AvgIpc) is 2.26. The molecule has 1 saturated heterocycles. The van der Waals surface area contributed by atoms with E-state index in [4.69, 9.17) is 4.74 Å².